The van der Waals surface area contributed by atoms with E-state index in [-0.39, 0.29) is 0 Å². The summed E-state index contributed by atoms with van der Waals surface area (Å²) in [5, 5.41) is 2.60. The number of rotatable bonds is 6. The zero-order valence-corrected chi connectivity index (χ0v) is 27.3. The van der Waals surface area contributed by atoms with Crippen LogP contribution >= 0.6 is 11.3 Å². The number of nitrogens with zero attached hydrogens (tertiary/aromatic N) is 3. The van der Waals surface area contributed by atoms with Gasteiger partial charge in [-0.2, -0.15) is 0 Å². The van der Waals surface area contributed by atoms with Gasteiger partial charge >= 0.3 is 0 Å². The summed E-state index contributed by atoms with van der Waals surface area (Å²) < 4.78 is 2.60. The summed E-state index contributed by atoms with van der Waals surface area (Å²) in [6.07, 6.45) is 0. The second kappa shape index (κ2) is 12.4. The van der Waals surface area contributed by atoms with Crippen LogP contribution < -0.4 is 0 Å². The topological polar surface area (TPSA) is 38.7 Å². The Kier molecular flexibility index (Phi) is 7.34. The Morgan fingerprint density at radius 2 is 0.755 bits per heavy atom. The molecule has 0 N–H and O–H groups in total. The molecule has 9 aromatic rings. The molecule has 2 aromatic heterocycles. The van der Waals surface area contributed by atoms with Crippen LogP contribution in [0.1, 0.15) is 0 Å². The van der Waals surface area contributed by atoms with E-state index in [9.17, 15) is 0 Å². The number of aromatic nitrogens is 3. The van der Waals surface area contributed by atoms with E-state index in [0.29, 0.717) is 17.5 Å². The summed E-state index contributed by atoms with van der Waals surface area (Å²) in [5.74, 6) is 1.92. The van der Waals surface area contributed by atoms with E-state index in [0.717, 1.165) is 38.9 Å². The Morgan fingerprint density at radius 1 is 0.306 bits per heavy atom. The van der Waals surface area contributed by atoms with Crippen molar-refractivity contribution in [3.8, 4) is 67.5 Å². The lowest BCUT2D eigenvalue weighted by Gasteiger charge is -2.11. The third kappa shape index (κ3) is 5.58. The van der Waals surface area contributed by atoms with Crippen LogP contribution in [0.4, 0.5) is 0 Å². The van der Waals surface area contributed by atoms with Gasteiger partial charge in [0.2, 0.25) is 0 Å². The van der Waals surface area contributed by atoms with Crippen molar-refractivity contribution in [2.75, 3.05) is 0 Å². The van der Waals surface area contributed by atoms with Gasteiger partial charge in [-0.25, -0.2) is 15.0 Å². The Morgan fingerprint density at radius 3 is 1.37 bits per heavy atom. The van der Waals surface area contributed by atoms with Gasteiger partial charge in [-0.05, 0) is 57.6 Å². The summed E-state index contributed by atoms with van der Waals surface area (Å²) in [5.41, 5.74) is 9.76. The third-order valence-electron chi connectivity index (χ3n) is 8.95. The van der Waals surface area contributed by atoms with Crippen LogP contribution in [-0.2, 0) is 0 Å². The zero-order chi connectivity index (χ0) is 32.6. The number of thiophene rings is 1. The molecule has 0 fully saturated rings. The minimum atomic E-state index is 0.640. The number of fused-ring (bicyclic) bond motifs is 3. The van der Waals surface area contributed by atoms with Gasteiger partial charge in [0.1, 0.15) is 0 Å². The fraction of sp³-hybridized carbons (Fsp3) is 0. The molecule has 0 amide bonds. The average molecular weight is 644 g/mol. The van der Waals surface area contributed by atoms with Crippen molar-refractivity contribution in [1.29, 1.82) is 0 Å². The zero-order valence-electron chi connectivity index (χ0n) is 26.5. The Labute approximate surface area is 288 Å². The number of benzene rings is 7. The second-order valence-corrected chi connectivity index (χ2v) is 13.1. The molecule has 0 aliphatic rings. The van der Waals surface area contributed by atoms with Crippen LogP contribution in [0.5, 0.6) is 0 Å². The van der Waals surface area contributed by atoms with Crippen molar-refractivity contribution in [3.63, 3.8) is 0 Å². The lowest BCUT2D eigenvalue weighted by Crippen LogP contribution is -2.00. The van der Waals surface area contributed by atoms with Gasteiger partial charge in [-0.3, -0.25) is 0 Å². The number of hydrogen-bond donors (Lipinski definition) is 0. The molecular weight excluding hydrogens is 615 g/mol. The number of hydrogen-bond acceptors (Lipinski definition) is 4. The van der Waals surface area contributed by atoms with Crippen molar-refractivity contribution in [2.45, 2.75) is 0 Å². The maximum Gasteiger partial charge on any atom is 0.164 e. The fourth-order valence-corrected chi connectivity index (χ4v) is 7.65. The first kappa shape index (κ1) is 29.0. The van der Waals surface area contributed by atoms with E-state index < -0.39 is 0 Å². The molecule has 49 heavy (non-hydrogen) atoms. The molecule has 2 heterocycles. The quantitative estimate of drug-likeness (QED) is 0.181. The highest BCUT2D eigenvalue weighted by molar-refractivity contribution is 7.25. The molecule has 230 valence electrons. The second-order valence-electron chi connectivity index (χ2n) is 12.1. The largest absolute Gasteiger partial charge is 0.208 e. The van der Waals surface area contributed by atoms with Crippen LogP contribution in [0.15, 0.2) is 176 Å². The van der Waals surface area contributed by atoms with Crippen molar-refractivity contribution >= 4 is 31.5 Å². The molecule has 0 unspecified atom stereocenters. The van der Waals surface area contributed by atoms with Gasteiger partial charge in [-0.1, -0.05) is 152 Å². The molecular formula is C45H29N3S. The van der Waals surface area contributed by atoms with E-state index in [1.165, 1.54) is 31.3 Å². The molecule has 0 atom stereocenters. The SMILES string of the molecule is c1ccc(-c2cccc(-c3nc(-c4ccc(-c5cccc6sc7ccccc7c56)cc4)nc(-c4cccc(-c5ccccc5)c4)n3)c2)cc1. The van der Waals surface area contributed by atoms with Crippen molar-refractivity contribution in [1.82, 2.24) is 15.0 Å². The monoisotopic (exact) mass is 643 g/mol. The molecule has 4 heteroatoms. The predicted molar refractivity (Wildman–Crippen MR) is 205 cm³/mol. The Bertz CT molecular complexity index is 2490. The van der Waals surface area contributed by atoms with Crippen LogP contribution in [0, 0.1) is 0 Å². The Balaban J connectivity index is 1.17. The van der Waals surface area contributed by atoms with E-state index in [4.69, 9.17) is 15.0 Å². The average Bonchev–Trinajstić information content (AvgIpc) is 3.58. The Hall–Kier alpha value is -6.23. The highest BCUT2D eigenvalue weighted by atomic mass is 32.1. The predicted octanol–water partition coefficient (Wildman–Crippen LogP) is 12.2. The first-order valence-electron chi connectivity index (χ1n) is 16.4. The van der Waals surface area contributed by atoms with Gasteiger partial charge in [0.05, 0.1) is 0 Å². The minimum absolute atomic E-state index is 0.640. The van der Waals surface area contributed by atoms with E-state index >= 15 is 0 Å². The molecule has 7 aromatic carbocycles. The van der Waals surface area contributed by atoms with Gasteiger partial charge in [0.25, 0.3) is 0 Å². The molecule has 0 aliphatic heterocycles. The van der Waals surface area contributed by atoms with Crippen LogP contribution in [0.3, 0.4) is 0 Å². The van der Waals surface area contributed by atoms with Gasteiger partial charge < -0.3 is 0 Å². The smallest absolute Gasteiger partial charge is 0.164 e. The summed E-state index contributed by atoms with van der Waals surface area (Å²) in [4.78, 5) is 15.2. The third-order valence-corrected chi connectivity index (χ3v) is 10.1. The standard InChI is InChI=1S/C45H29N3S/c1-3-12-30(13-4-1)34-16-9-18-36(28-34)44-46-43(47-45(48-44)37-19-10-17-35(29-37)31-14-5-2-6-15-31)33-26-24-32(25-27-33)38-21-11-23-41-42(38)39-20-7-8-22-40(39)49-41/h1-29H. The van der Waals surface area contributed by atoms with Crippen LogP contribution in [0.2, 0.25) is 0 Å². The van der Waals surface area contributed by atoms with E-state index in [2.05, 4.69) is 164 Å². The van der Waals surface area contributed by atoms with Crippen LogP contribution in [0.25, 0.3) is 87.7 Å². The fourth-order valence-electron chi connectivity index (χ4n) is 6.51. The molecule has 0 radical (unpaired) electrons. The van der Waals surface area contributed by atoms with Gasteiger partial charge in [-0.15, -0.1) is 11.3 Å². The first-order chi connectivity index (χ1) is 24.3. The van der Waals surface area contributed by atoms with E-state index in [1.54, 1.807) is 0 Å². The molecule has 0 saturated carbocycles. The van der Waals surface area contributed by atoms with Gasteiger partial charge in [0, 0.05) is 36.9 Å². The lowest BCUT2D eigenvalue weighted by molar-refractivity contribution is 1.07. The van der Waals surface area contributed by atoms with Crippen molar-refractivity contribution in [2.24, 2.45) is 0 Å². The molecule has 0 spiro atoms. The maximum atomic E-state index is 5.08. The van der Waals surface area contributed by atoms with Gasteiger partial charge in [0.15, 0.2) is 17.5 Å². The lowest BCUT2D eigenvalue weighted by atomic mass is 9.98. The van der Waals surface area contributed by atoms with Crippen molar-refractivity contribution < 1.29 is 0 Å². The molecule has 0 aliphatic carbocycles. The minimum Gasteiger partial charge on any atom is -0.208 e. The molecule has 0 saturated heterocycles. The van der Waals surface area contributed by atoms with E-state index in [1.807, 2.05) is 23.5 Å². The summed E-state index contributed by atoms with van der Waals surface area (Å²) in [7, 11) is 0. The molecule has 0 bridgehead atoms. The molecule has 3 nitrogen and oxygen atoms in total. The first-order valence-corrected chi connectivity index (χ1v) is 17.2. The van der Waals surface area contributed by atoms with Crippen molar-refractivity contribution in [3.05, 3.63) is 176 Å². The maximum absolute atomic E-state index is 5.08. The normalized spacial score (nSPS) is 11.3. The van der Waals surface area contributed by atoms with Crippen LogP contribution in [-0.4, -0.2) is 15.0 Å². The summed E-state index contributed by atoms with van der Waals surface area (Å²) in [6, 6.07) is 61.6. The molecule has 9 rings (SSSR count). The highest BCUT2D eigenvalue weighted by Gasteiger charge is 2.15. The summed E-state index contributed by atoms with van der Waals surface area (Å²) in [6.45, 7) is 0. The highest BCUT2D eigenvalue weighted by Crippen LogP contribution is 2.40. The summed E-state index contributed by atoms with van der Waals surface area (Å²) >= 11 is 1.84.